The van der Waals surface area contributed by atoms with Crippen LogP contribution in [-0.4, -0.2) is 43.6 Å². The molecule has 0 amide bonds. The van der Waals surface area contributed by atoms with E-state index in [1.54, 1.807) is 0 Å². The highest BCUT2D eigenvalue weighted by atomic mass is 32.2. The lowest BCUT2D eigenvalue weighted by atomic mass is 9.94. The number of nitrogens with zero attached hydrogens (tertiary/aromatic N) is 1. The van der Waals surface area contributed by atoms with Crippen LogP contribution in [0.1, 0.15) is 51.4 Å². The Balaban J connectivity index is 1.52. The van der Waals surface area contributed by atoms with Crippen LogP contribution < -0.4 is 5.32 Å². The fraction of sp³-hybridized carbons (Fsp3) is 1.00. The van der Waals surface area contributed by atoms with Crippen LogP contribution in [0.25, 0.3) is 0 Å². The molecule has 1 saturated heterocycles. The lowest BCUT2D eigenvalue weighted by Gasteiger charge is -2.36. The van der Waals surface area contributed by atoms with E-state index < -0.39 is 10.0 Å². The minimum Gasteiger partial charge on any atom is -0.314 e. The second-order valence-electron chi connectivity index (χ2n) is 6.41. The molecule has 0 aromatic heterocycles. The Labute approximate surface area is 117 Å². The quantitative estimate of drug-likeness (QED) is 0.756. The van der Waals surface area contributed by atoms with Gasteiger partial charge in [-0.05, 0) is 57.4 Å². The van der Waals surface area contributed by atoms with E-state index in [9.17, 15) is 8.42 Å². The topological polar surface area (TPSA) is 49.4 Å². The molecule has 0 spiro atoms. The number of fused-ring (bicyclic) bond motifs is 1. The first kappa shape index (κ1) is 13.8. The van der Waals surface area contributed by atoms with Gasteiger partial charge >= 0.3 is 0 Å². The average molecular weight is 286 g/mol. The molecule has 0 aromatic rings. The van der Waals surface area contributed by atoms with Crippen LogP contribution in [-0.2, 0) is 10.0 Å². The summed E-state index contributed by atoms with van der Waals surface area (Å²) in [6.45, 7) is 1.62. The van der Waals surface area contributed by atoms with Crippen molar-refractivity contribution < 1.29 is 8.42 Å². The average Bonchev–Trinajstić information content (AvgIpc) is 3.09. The van der Waals surface area contributed by atoms with Gasteiger partial charge < -0.3 is 5.32 Å². The SMILES string of the molecule is O=S(=O)(CCCNC1CC1)N1CCCC2CCCC21. The van der Waals surface area contributed by atoms with E-state index >= 15 is 0 Å². The molecule has 3 rings (SSSR count). The maximum atomic E-state index is 12.5. The van der Waals surface area contributed by atoms with E-state index in [0.717, 1.165) is 32.4 Å². The maximum absolute atomic E-state index is 12.5. The van der Waals surface area contributed by atoms with Crippen molar-refractivity contribution in [3.8, 4) is 0 Å². The van der Waals surface area contributed by atoms with Crippen LogP contribution in [0, 0.1) is 5.92 Å². The molecule has 1 N–H and O–H groups in total. The summed E-state index contributed by atoms with van der Waals surface area (Å²) >= 11 is 0. The summed E-state index contributed by atoms with van der Waals surface area (Å²) in [5.41, 5.74) is 0. The smallest absolute Gasteiger partial charge is 0.214 e. The molecule has 110 valence electrons. The lowest BCUT2D eigenvalue weighted by molar-refractivity contribution is 0.202. The van der Waals surface area contributed by atoms with E-state index in [4.69, 9.17) is 0 Å². The predicted molar refractivity (Wildman–Crippen MR) is 76.5 cm³/mol. The second kappa shape index (κ2) is 5.70. The van der Waals surface area contributed by atoms with Crippen molar-refractivity contribution in [2.24, 2.45) is 5.92 Å². The molecule has 19 heavy (non-hydrogen) atoms. The molecule has 2 unspecified atom stereocenters. The van der Waals surface area contributed by atoms with Gasteiger partial charge in [0.1, 0.15) is 0 Å². The Morgan fingerprint density at radius 3 is 2.63 bits per heavy atom. The first-order valence-corrected chi connectivity index (χ1v) is 9.50. The van der Waals surface area contributed by atoms with Crippen LogP contribution in [0.3, 0.4) is 0 Å². The molecule has 2 saturated carbocycles. The van der Waals surface area contributed by atoms with Crippen molar-refractivity contribution in [1.29, 1.82) is 0 Å². The van der Waals surface area contributed by atoms with Crippen LogP contribution in [0.2, 0.25) is 0 Å². The number of sulfonamides is 1. The van der Waals surface area contributed by atoms with Crippen molar-refractivity contribution in [1.82, 2.24) is 9.62 Å². The predicted octanol–water partition coefficient (Wildman–Crippen LogP) is 1.72. The van der Waals surface area contributed by atoms with Gasteiger partial charge in [-0.25, -0.2) is 8.42 Å². The second-order valence-corrected chi connectivity index (χ2v) is 8.45. The van der Waals surface area contributed by atoms with E-state index in [0.29, 0.717) is 23.8 Å². The molecule has 0 radical (unpaired) electrons. The van der Waals surface area contributed by atoms with Gasteiger partial charge in [-0.2, -0.15) is 4.31 Å². The number of piperidine rings is 1. The molecule has 4 nitrogen and oxygen atoms in total. The molecule has 0 aromatic carbocycles. The first-order valence-electron chi connectivity index (χ1n) is 7.90. The fourth-order valence-corrected chi connectivity index (χ4v) is 5.56. The van der Waals surface area contributed by atoms with E-state index in [1.165, 1.54) is 32.1 Å². The Kier molecular flexibility index (Phi) is 4.15. The van der Waals surface area contributed by atoms with E-state index in [2.05, 4.69) is 5.32 Å². The highest BCUT2D eigenvalue weighted by molar-refractivity contribution is 7.89. The van der Waals surface area contributed by atoms with Crippen molar-refractivity contribution in [3.05, 3.63) is 0 Å². The van der Waals surface area contributed by atoms with Gasteiger partial charge in [0, 0.05) is 18.6 Å². The van der Waals surface area contributed by atoms with Gasteiger partial charge in [-0.1, -0.05) is 6.42 Å². The molecular weight excluding hydrogens is 260 g/mol. The Morgan fingerprint density at radius 1 is 1.05 bits per heavy atom. The minimum absolute atomic E-state index is 0.329. The van der Waals surface area contributed by atoms with Crippen LogP contribution in [0.4, 0.5) is 0 Å². The molecule has 1 aliphatic heterocycles. The van der Waals surface area contributed by atoms with Gasteiger partial charge in [0.05, 0.1) is 5.75 Å². The molecule has 0 bridgehead atoms. The first-order chi connectivity index (χ1) is 9.17. The summed E-state index contributed by atoms with van der Waals surface area (Å²) < 4.78 is 26.8. The zero-order valence-corrected chi connectivity index (χ0v) is 12.5. The third kappa shape index (κ3) is 3.31. The van der Waals surface area contributed by atoms with Gasteiger partial charge in [0.2, 0.25) is 10.0 Å². The summed E-state index contributed by atoms with van der Waals surface area (Å²) in [5, 5.41) is 3.40. The molecule has 3 fully saturated rings. The molecular formula is C14H26N2O2S. The largest absolute Gasteiger partial charge is 0.314 e. The summed E-state index contributed by atoms with van der Waals surface area (Å²) in [5.74, 6) is 0.976. The van der Waals surface area contributed by atoms with Crippen LogP contribution in [0.5, 0.6) is 0 Å². The zero-order chi connectivity index (χ0) is 13.3. The molecule has 3 aliphatic rings. The number of hydrogen-bond donors (Lipinski definition) is 1. The molecule has 5 heteroatoms. The maximum Gasteiger partial charge on any atom is 0.214 e. The monoisotopic (exact) mass is 286 g/mol. The molecule has 2 aliphatic carbocycles. The number of nitrogens with one attached hydrogen (secondary N) is 1. The van der Waals surface area contributed by atoms with Gasteiger partial charge in [-0.3, -0.25) is 0 Å². The summed E-state index contributed by atoms with van der Waals surface area (Å²) in [4.78, 5) is 0. The standard InChI is InChI=1S/C14H26N2O2S/c17-19(18,11-3-9-15-13-7-8-13)16-10-2-5-12-4-1-6-14(12)16/h12-15H,1-11H2. The van der Waals surface area contributed by atoms with E-state index in [1.807, 2.05) is 4.31 Å². The minimum atomic E-state index is -3.02. The van der Waals surface area contributed by atoms with E-state index in [-0.39, 0.29) is 0 Å². The normalized spacial score (nSPS) is 32.4. The summed E-state index contributed by atoms with van der Waals surface area (Å²) in [6, 6.07) is 1.01. The van der Waals surface area contributed by atoms with Crippen molar-refractivity contribution >= 4 is 10.0 Å². The fourth-order valence-electron chi connectivity index (χ4n) is 3.72. The Hall–Kier alpha value is -0.130. The van der Waals surface area contributed by atoms with Crippen molar-refractivity contribution in [2.45, 2.75) is 63.5 Å². The van der Waals surface area contributed by atoms with Crippen LogP contribution >= 0.6 is 0 Å². The zero-order valence-electron chi connectivity index (χ0n) is 11.7. The molecule has 2 atom stereocenters. The van der Waals surface area contributed by atoms with Crippen molar-refractivity contribution in [2.75, 3.05) is 18.8 Å². The third-order valence-corrected chi connectivity index (χ3v) is 6.86. The highest BCUT2D eigenvalue weighted by Crippen LogP contribution is 2.38. The number of rotatable bonds is 6. The lowest BCUT2D eigenvalue weighted by Crippen LogP contribution is -2.47. The van der Waals surface area contributed by atoms with Crippen LogP contribution in [0.15, 0.2) is 0 Å². The molecule has 1 heterocycles. The summed E-state index contributed by atoms with van der Waals surface area (Å²) in [6.07, 6.45) is 9.12. The van der Waals surface area contributed by atoms with Crippen molar-refractivity contribution in [3.63, 3.8) is 0 Å². The summed E-state index contributed by atoms with van der Waals surface area (Å²) in [7, 11) is -3.02. The number of hydrogen-bond acceptors (Lipinski definition) is 3. The third-order valence-electron chi connectivity index (χ3n) is 4.89. The Bertz CT molecular complexity index is 406. The van der Waals surface area contributed by atoms with Gasteiger partial charge in [0.25, 0.3) is 0 Å². The highest BCUT2D eigenvalue weighted by Gasteiger charge is 2.40. The Morgan fingerprint density at radius 2 is 1.84 bits per heavy atom. The van der Waals surface area contributed by atoms with Gasteiger partial charge in [-0.15, -0.1) is 0 Å². The van der Waals surface area contributed by atoms with Gasteiger partial charge in [0.15, 0.2) is 0 Å².